The fourth-order valence-corrected chi connectivity index (χ4v) is 6.44. The van der Waals surface area contributed by atoms with Gasteiger partial charge in [0.05, 0.1) is 59.7 Å². The van der Waals surface area contributed by atoms with Gasteiger partial charge in [-0.3, -0.25) is 19.2 Å². The number of azo groups is 1. The van der Waals surface area contributed by atoms with E-state index in [4.69, 9.17) is 14.2 Å². The lowest BCUT2D eigenvalue weighted by Gasteiger charge is -2.25. The Morgan fingerprint density at radius 3 is 1.72 bits per heavy atom. The summed E-state index contributed by atoms with van der Waals surface area (Å²) in [5, 5.41) is 37.6. The quantitative estimate of drug-likeness (QED) is 0.0424. The molecule has 0 fully saturated rings. The van der Waals surface area contributed by atoms with Crippen molar-refractivity contribution in [3.05, 3.63) is 82.6 Å². The molecular weight excluding hydrogens is 763 g/mol. The van der Waals surface area contributed by atoms with Crippen molar-refractivity contribution < 1.29 is 33.4 Å². The Kier molecular flexibility index (Phi) is 20.5. The van der Waals surface area contributed by atoms with E-state index in [1.807, 2.05) is 49.1 Å². The summed E-state index contributed by atoms with van der Waals surface area (Å²) in [6, 6.07) is 19.8. The second-order valence-electron chi connectivity index (χ2n) is 14.1. The summed E-state index contributed by atoms with van der Waals surface area (Å²) in [7, 11) is 0. The van der Waals surface area contributed by atoms with E-state index in [1.54, 1.807) is 42.5 Å². The maximum absolute atomic E-state index is 13.3. The molecule has 60 heavy (non-hydrogen) atoms. The molecule has 2 atom stereocenters. The van der Waals surface area contributed by atoms with Gasteiger partial charge in [-0.2, -0.15) is 26.0 Å². The molecule has 0 N–H and O–H groups in total. The number of hydrogen-bond acceptors (Lipinski definition) is 13. The minimum absolute atomic E-state index is 0.00814. The van der Waals surface area contributed by atoms with Crippen LogP contribution in [0.3, 0.4) is 0 Å². The van der Waals surface area contributed by atoms with Crippen molar-refractivity contribution in [1.82, 2.24) is 4.90 Å². The largest absolute Gasteiger partial charge is 0.464 e. The molecule has 2 aromatic carbocycles. The van der Waals surface area contributed by atoms with Crippen LogP contribution in [-0.4, -0.2) is 68.2 Å². The fourth-order valence-electron chi connectivity index (χ4n) is 6.44. The second kappa shape index (κ2) is 25.7. The fraction of sp³-hybridized carbons (Fsp3) is 0.457. The first kappa shape index (κ1) is 47.8. The molecule has 1 aliphatic heterocycles. The van der Waals surface area contributed by atoms with Gasteiger partial charge >= 0.3 is 17.9 Å². The smallest absolute Gasteiger partial charge is 0.308 e. The molecule has 0 aliphatic carbocycles. The van der Waals surface area contributed by atoms with Crippen LogP contribution in [0.5, 0.6) is 0 Å². The highest BCUT2D eigenvalue weighted by Gasteiger charge is 2.36. The Hall–Kier alpha value is -6.59. The number of rotatable bonds is 24. The highest BCUT2D eigenvalue weighted by Crippen LogP contribution is 2.33. The first-order valence-electron chi connectivity index (χ1n) is 20.6. The highest BCUT2D eigenvalue weighted by molar-refractivity contribution is 6.05. The van der Waals surface area contributed by atoms with Crippen LogP contribution < -0.4 is 4.90 Å². The number of hydrogen-bond donors (Lipinski definition) is 0. The van der Waals surface area contributed by atoms with Crippen LogP contribution in [0.15, 0.2) is 87.3 Å². The van der Waals surface area contributed by atoms with Gasteiger partial charge in [0.2, 0.25) is 0 Å². The van der Waals surface area contributed by atoms with Gasteiger partial charge in [-0.25, -0.2) is 0 Å². The maximum atomic E-state index is 13.3. The number of nitriles is 3. The van der Waals surface area contributed by atoms with E-state index in [2.05, 4.69) is 24.1 Å². The Balaban J connectivity index is 1.73. The van der Waals surface area contributed by atoms with E-state index in [1.165, 1.54) is 13.0 Å². The number of carbonyl (C=O) groups excluding carboxylic acids is 4. The summed E-state index contributed by atoms with van der Waals surface area (Å²) in [5.41, 5.74) is 2.00. The van der Waals surface area contributed by atoms with Crippen molar-refractivity contribution in [2.24, 2.45) is 22.1 Å². The van der Waals surface area contributed by atoms with E-state index < -0.39 is 17.4 Å². The van der Waals surface area contributed by atoms with Gasteiger partial charge in [0.1, 0.15) is 38.0 Å². The molecule has 14 nitrogen and oxygen atoms in total. The molecule has 2 unspecified atom stereocenters. The average molecular weight is 818 g/mol. The van der Waals surface area contributed by atoms with E-state index in [-0.39, 0.29) is 67.0 Å². The zero-order valence-corrected chi connectivity index (χ0v) is 35.3. The van der Waals surface area contributed by atoms with Gasteiger partial charge in [-0.15, -0.1) is 0 Å². The van der Waals surface area contributed by atoms with E-state index in [0.717, 1.165) is 62.0 Å². The predicted molar refractivity (Wildman–Crippen MR) is 226 cm³/mol. The Morgan fingerprint density at radius 2 is 1.27 bits per heavy atom. The molecule has 0 bridgehead atoms. The third-order valence-corrected chi connectivity index (χ3v) is 9.95. The van der Waals surface area contributed by atoms with Crippen LogP contribution in [0.2, 0.25) is 0 Å². The number of unbranched alkanes of at least 4 members (excludes halogenated alkanes) is 2. The van der Waals surface area contributed by atoms with Gasteiger partial charge in [-0.05, 0) is 73.7 Å². The molecule has 0 radical (unpaired) electrons. The van der Waals surface area contributed by atoms with Gasteiger partial charge in [0.15, 0.2) is 5.57 Å². The Bertz CT molecular complexity index is 1980. The molecule has 1 heterocycles. The zero-order valence-electron chi connectivity index (χ0n) is 35.3. The molecule has 0 spiro atoms. The third-order valence-electron chi connectivity index (χ3n) is 9.95. The number of nitrogens with zero attached hydrogens (tertiary/aromatic N) is 7. The molecule has 1 amide bonds. The summed E-state index contributed by atoms with van der Waals surface area (Å²) < 4.78 is 16.3. The Morgan fingerprint density at radius 1 is 0.750 bits per heavy atom. The summed E-state index contributed by atoms with van der Waals surface area (Å²) in [6.45, 7) is 10.3. The molecular formula is C46H55N7O7. The van der Waals surface area contributed by atoms with Crippen LogP contribution in [-0.2, 0) is 33.4 Å². The SMILES string of the molecule is CCCCC(CC)C(=O)OCCN(CCOC(=O)C(CC)CCCC)c1ccc(/N=N/c2ccc(/C=C/C3=C(C#N)C(=C(C#N)C#N)N(CCOC(C)=O)C3=O)cc2)cc1. The molecule has 14 heteroatoms. The molecule has 316 valence electrons. The van der Waals surface area contributed by atoms with Crippen molar-refractivity contribution in [3.8, 4) is 18.2 Å². The van der Waals surface area contributed by atoms with Crippen LogP contribution in [0, 0.1) is 45.8 Å². The average Bonchev–Trinajstić information content (AvgIpc) is 3.52. The number of allylic oxidation sites excluding steroid dienone is 2. The van der Waals surface area contributed by atoms with Crippen LogP contribution in [0.4, 0.5) is 17.1 Å². The normalized spacial score (nSPS) is 13.5. The number of esters is 3. The van der Waals surface area contributed by atoms with Gasteiger partial charge < -0.3 is 24.0 Å². The van der Waals surface area contributed by atoms with E-state index >= 15 is 0 Å². The minimum Gasteiger partial charge on any atom is -0.464 e. The predicted octanol–water partition coefficient (Wildman–Crippen LogP) is 8.97. The van der Waals surface area contributed by atoms with Crippen LogP contribution >= 0.6 is 0 Å². The van der Waals surface area contributed by atoms with Crippen molar-refractivity contribution in [2.45, 2.75) is 86.0 Å². The lowest BCUT2D eigenvalue weighted by Crippen LogP contribution is -2.33. The highest BCUT2D eigenvalue weighted by atomic mass is 16.5. The number of anilines is 1. The molecule has 0 saturated heterocycles. The lowest BCUT2D eigenvalue weighted by atomic mass is 10.00. The Labute approximate surface area is 353 Å². The van der Waals surface area contributed by atoms with E-state index in [0.29, 0.717) is 30.0 Å². The first-order chi connectivity index (χ1) is 29.0. The summed E-state index contributed by atoms with van der Waals surface area (Å²) >= 11 is 0. The standard InChI is InChI=1S/C46H55N7O7/c1-6-10-12-35(8-3)45(56)59-27-24-52(25-28-60-46(57)36(9-4)13-11-7-2)40-21-19-39(20-22-40)51-50-38-17-14-34(15-18-38)16-23-41-42(32-49)43(37(30-47)31-48)53(44(41)55)26-29-58-33(5)54/h14-23,35-36H,6-13,24-29H2,1-5H3/b23-16+,51-50+. The van der Waals surface area contributed by atoms with Crippen molar-refractivity contribution in [1.29, 1.82) is 15.8 Å². The summed E-state index contributed by atoms with van der Waals surface area (Å²) in [5.74, 6) is -1.78. The molecule has 3 rings (SSSR count). The first-order valence-corrected chi connectivity index (χ1v) is 20.6. The number of carbonyl (C=O) groups is 4. The zero-order chi connectivity index (χ0) is 43.9. The monoisotopic (exact) mass is 817 g/mol. The molecule has 0 saturated carbocycles. The summed E-state index contributed by atoms with van der Waals surface area (Å²) in [6.07, 6.45) is 10.1. The summed E-state index contributed by atoms with van der Waals surface area (Å²) in [4.78, 5) is 53.3. The van der Waals surface area contributed by atoms with Gasteiger partial charge in [0, 0.05) is 12.6 Å². The minimum atomic E-state index is -0.606. The maximum Gasteiger partial charge on any atom is 0.308 e. The molecule has 2 aromatic rings. The van der Waals surface area contributed by atoms with Crippen molar-refractivity contribution in [3.63, 3.8) is 0 Å². The topological polar surface area (TPSA) is 199 Å². The molecule has 1 aliphatic rings. The lowest BCUT2D eigenvalue weighted by molar-refractivity contribution is -0.149. The van der Waals surface area contributed by atoms with E-state index in [9.17, 15) is 35.0 Å². The van der Waals surface area contributed by atoms with Crippen LogP contribution in [0.1, 0.15) is 91.5 Å². The van der Waals surface area contributed by atoms with Crippen molar-refractivity contribution >= 4 is 47.0 Å². The van der Waals surface area contributed by atoms with Gasteiger partial charge in [0.25, 0.3) is 5.91 Å². The number of ether oxygens (including phenoxy) is 3. The molecule has 0 aromatic heterocycles. The third kappa shape index (κ3) is 14.4. The van der Waals surface area contributed by atoms with Gasteiger partial charge in [-0.1, -0.05) is 71.6 Å². The van der Waals surface area contributed by atoms with Crippen molar-refractivity contribution in [2.75, 3.05) is 44.4 Å². The second-order valence-corrected chi connectivity index (χ2v) is 14.1. The van der Waals surface area contributed by atoms with Crippen LogP contribution in [0.25, 0.3) is 6.08 Å². The number of amides is 1. The number of benzene rings is 2.